The lowest BCUT2D eigenvalue weighted by Gasteiger charge is -2.08. The maximum absolute atomic E-state index is 11.2. The summed E-state index contributed by atoms with van der Waals surface area (Å²) in [5, 5.41) is 20.3. The van der Waals surface area contributed by atoms with Crippen LogP contribution in [0.15, 0.2) is 36.9 Å². The van der Waals surface area contributed by atoms with Crippen LogP contribution < -0.4 is 5.32 Å². The van der Waals surface area contributed by atoms with E-state index in [4.69, 9.17) is 9.84 Å². The summed E-state index contributed by atoms with van der Waals surface area (Å²) in [6.45, 7) is 3.50. The van der Waals surface area contributed by atoms with E-state index >= 15 is 0 Å². The van der Waals surface area contributed by atoms with Crippen molar-refractivity contribution in [3.05, 3.63) is 42.5 Å². The maximum atomic E-state index is 11.2. The zero-order valence-corrected chi connectivity index (χ0v) is 9.50. The summed E-state index contributed by atoms with van der Waals surface area (Å²) in [6.07, 6.45) is -0.778. The van der Waals surface area contributed by atoms with Crippen LogP contribution in [0.1, 0.15) is 11.7 Å². The van der Waals surface area contributed by atoms with Crippen LogP contribution in [0.3, 0.4) is 0 Å². The third-order valence-corrected chi connectivity index (χ3v) is 2.04. The first kappa shape index (κ1) is 13.7. The first-order chi connectivity index (χ1) is 8.54. The number of aliphatic carboxylic acids is 1. The minimum absolute atomic E-state index is 0.0989. The van der Waals surface area contributed by atoms with Crippen LogP contribution in [0.2, 0.25) is 0 Å². The van der Waals surface area contributed by atoms with E-state index in [1.165, 1.54) is 30.3 Å². The van der Waals surface area contributed by atoms with E-state index in [0.29, 0.717) is 5.69 Å². The van der Waals surface area contributed by atoms with Crippen molar-refractivity contribution in [2.24, 2.45) is 0 Å². The molecule has 1 rings (SSSR count). The van der Waals surface area contributed by atoms with Crippen molar-refractivity contribution < 1.29 is 24.5 Å². The lowest BCUT2D eigenvalue weighted by molar-refractivity contribution is -0.146. The number of hydrogen-bond acceptors (Lipinski definition) is 4. The Morgan fingerprint density at radius 1 is 1.39 bits per heavy atom. The van der Waals surface area contributed by atoms with Crippen molar-refractivity contribution in [1.82, 2.24) is 0 Å². The molecule has 1 unspecified atom stereocenters. The number of amides is 1. The Hall–Kier alpha value is -2.34. The number of carboxylic acids is 1. The molecular formula is C12H13NO5. The first-order valence-electron chi connectivity index (χ1n) is 5.10. The van der Waals surface area contributed by atoms with Crippen LogP contribution in [0.5, 0.6) is 0 Å². The fourth-order valence-electron chi connectivity index (χ4n) is 1.18. The highest BCUT2D eigenvalue weighted by Gasteiger charge is 2.15. The van der Waals surface area contributed by atoms with Crippen LogP contribution in [0.4, 0.5) is 10.5 Å². The summed E-state index contributed by atoms with van der Waals surface area (Å²) in [6, 6.07) is 5.75. The van der Waals surface area contributed by atoms with Gasteiger partial charge in [0, 0.05) is 5.69 Å². The Morgan fingerprint density at radius 3 is 2.50 bits per heavy atom. The molecule has 0 radical (unpaired) electrons. The number of carboxylic acid groups (broad SMARTS) is 1. The minimum Gasteiger partial charge on any atom is -0.479 e. The molecule has 0 saturated heterocycles. The number of benzene rings is 1. The van der Waals surface area contributed by atoms with Crippen LogP contribution in [0, 0.1) is 0 Å². The third-order valence-electron chi connectivity index (χ3n) is 2.04. The lowest BCUT2D eigenvalue weighted by atomic mass is 10.1. The van der Waals surface area contributed by atoms with Crippen LogP contribution in [-0.4, -0.2) is 28.9 Å². The Balaban J connectivity index is 2.63. The van der Waals surface area contributed by atoms with Crippen molar-refractivity contribution in [3.63, 3.8) is 0 Å². The van der Waals surface area contributed by atoms with Gasteiger partial charge in [0.2, 0.25) is 0 Å². The van der Waals surface area contributed by atoms with Crippen molar-refractivity contribution >= 4 is 17.7 Å². The molecule has 6 nitrogen and oxygen atoms in total. The summed E-state index contributed by atoms with van der Waals surface area (Å²) in [5.74, 6) is -1.33. The van der Waals surface area contributed by atoms with Gasteiger partial charge in [0.25, 0.3) is 0 Å². The number of aliphatic hydroxyl groups excluding tert-OH is 1. The second-order valence-corrected chi connectivity index (χ2v) is 3.37. The number of carbonyl (C=O) groups is 2. The number of aliphatic hydroxyl groups is 1. The minimum atomic E-state index is -1.58. The summed E-state index contributed by atoms with van der Waals surface area (Å²) in [5.41, 5.74) is 0.665. The van der Waals surface area contributed by atoms with Gasteiger partial charge < -0.3 is 14.9 Å². The van der Waals surface area contributed by atoms with Crippen LogP contribution in [-0.2, 0) is 9.53 Å². The van der Waals surface area contributed by atoms with Crippen molar-refractivity contribution in [2.45, 2.75) is 6.10 Å². The smallest absolute Gasteiger partial charge is 0.411 e. The van der Waals surface area contributed by atoms with E-state index < -0.39 is 18.2 Å². The zero-order valence-electron chi connectivity index (χ0n) is 9.50. The molecule has 0 saturated carbocycles. The highest BCUT2D eigenvalue weighted by atomic mass is 16.5. The van der Waals surface area contributed by atoms with E-state index in [2.05, 4.69) is 11.9 Å². The number of carbonyl (C=O) groups excluding carboxylic acids is 1. The molecule has 1 atom stereocenters. The molecule has 6 heteroatoms. The standard InChI is InChI=1S/C12H13NO5/c1-2-7-18-12(17)13-9-5-3-8(4-6-9)10(14)11(15)16/h2-6,10,14H,1,7H2,(H,13,17)(H,15,16). The first-order valence-corrected chi connectivity index (χ1v) is 5.10. The lowest BCUT2D eigenvalue weighted by Crippen LogP contribution is -2.14. The number of rotatable bonds is 5. The maximum Gasteiger partial charge on any atom is 0.411 e. The predicted molar refractivity (Wildman–Crippen MR) is 64.2 cm³/mol. The van der Waals surface area contributed by atoms with Crippen molar-refractivity contribution in [3.8, 4) is 0 Å². The SMILES string of the molecule is C=CCOC(=O)Nc1ccc(C(O)C(=O)O)cc1. The average molecular weight is 251 g/mol. The van der Waals surface area contributed by atoms with Gasteiger partial charge in [-0.05, 0) is 17.7 Å². The molecule has 0 bridgehead atoms. The van der Waals surface area contributed by atoms with Gasteiger partial charge in [-0.15, -0.1) is 0 Å². The van der Waals surface area contributed by atoms with E-state index in [0.717, 1.165) is 0 Å². The quantitative estimate of drug-likeness (QED) is 0.690. The molecule has 0 aromatic heterocycles. The molecule has 0 fully saturated rings. The fraction of sp³-hybridized carbons (Fsp3) is 0.167. The molecule has 0 heterocycles. The van der Waals surface area contributed by atoms with E-state index in [1.807, 2.05) is 0 Å². The molecule has 3 N–H and O–H groups in total. The Morgan fingerprint density at radius 2 is 2.00 bits per heavy atom. The summed E-state index contributed by atoms with van der Waals surface area (Å²) < 4.78 is 4.70. The number of hydrogen-bond donors (Lipinski definition) is 3. The number of nitrogens with one attached hydrogen (secondary N) is 1. The molecule has 1 aromatic rings. The van der Waals surface area contributed by atoms with E-state index in [9.17, 15) is 14.7 Å². The molecule has 0 aliphatic rings. The number of ether oxygens (including phenoxy) is 1. The molecule has 1 amide bonds. The van der Waals surface area contributed by atoms with Gasteiger partial charge >= 0.3 is 12.1 Å². The molecule has 1 aromatic carbocycles. The van der Waals surface area contributed by atoms with Gasteiger partial charge in [0.05, 0.1) is 0 Å². The van der Waals surface area contributed by atoms with Gasteiger partial charge in [-0.1, -0.05) is 24.8 Å². The number of anilines is 1. The van der Waals surface area contributed by atoms with Crippen molar-refractivity contribution in [2.75, 3.05) is 11.9 Å². The normalized spacial score (nSPS) is 11.4. The highest BCUT2D eigenvalue weighted by Crippen LogP contribution is 2.16. The Labute approximate surface area is 104 Å². The van der Waals surface area contributed by atoms with Gasteiger partial charge in [0.15, 0.2) is 6.10 Å². The Bertz CT molecular complexity index is 440. The molecule has 0 spiro atoms. The highest BCUT2D eigenvalue weighted by molar-refractivity contribution is 5.84. The van der Waals surface area contributed by atoms with Gasteiger partial charge in [-0.2, -0.15) is 0 Å². The van der Waals surface area contributed by atoms with Gasteiger partial charge in [-0.25, -0.2) is 9.59 Å². The molecule has 96 valence electrons. The zero-order chi connectivity index (χ0) is 13.5. The second-order valence-electron chi connectivity index (χ2n) is 3.37. The van der Waals surface area contributed by atoms with E-state index in [1.54, 1.807) is 0 Å². The van der Waals surface area contributed by atoms with Crippen LogP contribution in [0.25, 0.3) is 0 Å². The topological polar surface area (TPSA) is 95.9 Å². The average Bonchev–Trinajstić information content (AvgIpc) is 2.36. The second kappa shape index (κ2) is 6.41. The molecular weight excluding hydrogens is 238 g/mol. The third kappa shape index (κ3) is 3.91. The van der Waals surface area contributed by atoms with Crippen molar-refractivity contribution in [1.29, 1.82) is 0 Å². The Kier molecular flexibility index (Phi) is 4.89. The predicted octanol–water partition coefficient (Wildman–Crippen LogP) is 1.54. The molecule has 0 aliphatic carbocycles. The molecule has 18 heavy (non-hydrogen) atoms. The van der Waals surface area contributed by atoms with Gasteiger partial charge in [0.1, 0.15) is 6.61 Å². The fourth-order valence-corrected chi connectivity index (χ4v) is 1.18. The van der Waals surface area contributed by atoms with E-state index in [-0.39, 0.29) is 12.2 Å². The van der Waals surface area contributed by atoms with Gasteiger partial charge in [-0.3, -0.25) is 5.32 Å². The summed E-state index contributed by atoms with van der Waals surface area (Å²) in [7, 11) is 0. The monoisotopic (exact) mass is 251 g/mol. The molecule has 0 aliphatic heterocycles. The largest absolute Gasteiger partial charge is 0.479 e. The summed E-state index contributed by atoms with van der Waals surface area (Å²) in [4.78, 5) is 21.7. The summed E-state index contributed by atoms with van der Waals surface area (Å²) >= 11 is 0. The van der Waals surface area contributed by atoms with Crippen LogP contribution >= 0.6 is 0 Å².